The fourth-order valence-corrected chi connectivity index (χ4v) is 9.36. The lowest BCUT2D eigenvalue weighted by Crippen LogP contribution is -2.60. The van der Waals surface area contributed by atoms with E-state index in [2.05, 4.69) is 55.6 Å². The van der Waals surface area contributed by atoms with Gasteiger partial charge in [0.1, 0.15) is 36.6 Å². The van der Waals surface area contributed by atoms with Gasteiger partial charge in [-0.3, -0.25) is 4.79 Å². The number of aliphatic hydroxyl groups is 7. The maximum absolute atomic E-state index is 13.2. The molecule has 0 aliphatic carbocycles. The summed E-state index contributed by atoms with van der Waals surface area (Å²) in [5, 5.41) is 76.1. The smallest absolute Gasteiger partial charge is 0.249 e. The maximum atomic E-state index is 13.2. The van der Waals surface area contributed by atoms with Crippen LogP contribution in [-0.4, -0.2) is 110 Å². The third-order valence-electron chi connectivity index (χ3n) is 14.2. The average molecular weight is 995 g/mol. The minimum absolute atomic E-state index is 0.241. The Labute approximate surface area is 428 Å². The van der Waals surface area contributed by atoms with Gasteiger partial charge in [-0.2, -0.15) is 0 Å². The number of hydrogen-bond acceptors (Lipinski definition) is 10. The molecule has 412 valence electrons. The topological polar surface area (TPSA) is 189 Å². The minimum Gasteiger partial charge on any atom is -0.394 e. The highest BCUT2D eigenvalue weighted by Gasteiger charge is 2.44. The number of carbonyl (C=O) groups excluding carboxylic acids is 1. The van der Waals surface area contributed by atoms with Gasteiger partial charge in [0.15, 0.2) is 6.29 Å². The van der Waals surface area contributed by atoms with E-state index in [0.717, 1.165) is 64.2 Å². The van der Waals surface area contributed by atoms with Gasteiger partial charge in [-0.15, -0.1) is 0 Å². The van der Waals surface area contributed by atoms with Gasteiger partial charge in [-0.05, 0) is 70.6 Å². The van der Waals surface area contributed by atoms with Crippen LogP contribution in [0.25, 0.3) is 0 Å². The Bertz CT molecular complexity index is 1230. The molecule has 0 spiro atoms. The van der Waals surface area contributed by atoms with E-state index in [-0.39, 0.29) is 12.8 Å². The Hall–Kier alpha value is -1.67. The summed E-state index contributed by atoms with van der Waals surface area (Å²) in [5.41, 5.74) is 0. The SMILES string of the molecule is CCCCC/C=C\C/C=C\CCCCCCCCC(O)C(=O)NC(COC1OC(CO)C(O)C(O)C1O)C(O)C(O)CCC/C=C/CCCCCCCCCCCCCCCCCCCCCCCC. The lowest BCUT2D eigenvalue weighted by molar-refractivity contribution is -0.303. The van der Waals surface area contributed by atoms with Gasteiger partial charge in [-0.1, -0.05) is 230 Å². The molecule has 9 atom stereocenters. The number of ether oxygens (including phenoxy) is 2. The summed E-state index contributed by atoms with van der Waals surface area (Å²) < 4.78 is 11.1. The van der Waals surface area contributed by atoms with Crippen molar-refractivity contribution in [3.8, 4) is 0 Å². The highest BCUT2D eigenvalue weighted by Crippen LogP contribution is 2.23. The first-order valence-corrected chi connectivity index (χ1v) is 29.4. The first-order valence-electron chi connectivity index (χ1n) is 29.4. The van der Waals surface area contributed by atoms with E-state index in [0.29, 0.717) is 12.8 Å². The molecule has 0 bridgehead atoms. The van der Waals surface area contributed by atoms with Gasteiger partial charge in [0.25, 0.3) is 0 Å². The molecule has 0 saturated carbocycles. The number of aliphatic hydroxyl groups excluding tert-OH is 7. The molecule has 0 radical (unpaired) electrons. The largest absolute Gasteiger partial charge is 0.394 e. The predicted molar refractivity (Wildman–Crippen MR) is 289 cm³/mol. The molecule has 0 aromatic heterocycles. The van der Waals surface area contributed by atoms with Crippen LogP contribution in [0.1, 0.15) is 264 Å². The average Bonchev–Trinajstić information content (AvgIpc) is 3.36. The lowest BCUT2D eigenvalue weighted by atomic mass is 9.98. The minimum atomic E-state index is -1.67. The summed E-state index contributed by atoms with van der Waals surface area (Å²) in [6.07, 6.45) is 47.8. The van der Waals surface area contributed by atoms with Crippen molar-refractivity contribution in [1.82, 2.24) is 5.32 Å². The number of rotatable bonds is 50. The first-order chi connectivity index (χ1) is 34.2. The van der Waals surface area contributed by atoms with E-state index in [1.54, 1.807) is 0 Å². The number of nitrogens with one attached hydrogen (secondary N) is 1. The summed E-state index contributed by atoms with van der Waals surface area (Å²) in [7, 11) is 0. The Morgan fingerprint density at radius 3 is 1.34 bits per heavy atom. The highest BCUT2D eigenvalue weighted by atomic mass is 16.7. The zero-order chi connectivity index (χ0) is 51.1. The molecule has 1 aliphatic heterocycles. The molecule has 1 heterocycles. The Balaban J connectivity index is 2.30. The zero-order valence-electron chi connectivity index (χ0n) is 45.0. The van der Waals surface area contributed by atoms with Crippen LogP contribution in [-0.2, 0) is 14.3 Å². The van der Waals surface area contributed by atoms with Crippen molar-refractivity contribution in [3.63, 3.8) is 0 Å². The van der Waals surface area contributed by atoms with Crippen LogP contribution in [0.4, 0.5) is 0 Å². The summed E-state index contributed by atoms with van der Waals surface area (Å²) in [5.74, 6) is -0.713. The van der Waals surface area contributed by atoms with Gasteiger partial charge in [-0.25, -0.2) is 0 Å². The molecular weight excluding hydrogens is 883 g/mol. The molecule has 0 aromatic rings. The standard InChI is InChI=1S/C59H111NO10/c1-3-5-7-9-11-13-15-17-19-21-22-23-24-25-26-27-28-29-30-31-33-34-36-38-40-42-44-46-51(62)54(64)50(49-69-59-57(67)56(66)55(65)53(48-61)70-59)60-58(68)52(63)47-45-43-41-39-37-35-32-20-18-16-14-12-10-8-6-4-2/h12,14,18,20,38,40,50-57,59,61-67H,3-11,13,15-17,19,21-37,39,41-49H2,1-2H3,(H,60,68)/b14-12-,20-18-,40-38+. The maximum Gasteiger partial charge on any atom is 0.249 e. The number of amides is 1. The van der Waals surface area contributed by atoms with E-state index in [1.807, 2.05) is 0 Å². The van der Waals surface area contributed by atoms with E-state index in [1.165, 1.54) is 161 Å². The van der Waals surface area contributed by atoms with Crippen LogP contribution in [0.3, 0.4) is 0 Å². The van der Waals surface area contributed by atoms with E-state index >= 15 is 0 Å². The molecule has 9 unspecified atom stereocenters. The molecule has 1 amide bonds. The Kier molecular flexibility index (Phi) is 45.8. The van der Waals surface area contributed by atoms with Gasteiger partial charge >= 0.3 is 0 Å². The van der Waals surface area contributed by atoms with Gasteiger partial charge in [0.2, 0.25) is 5.91 Å². The number of carbonyl (C=O) groups is 1. The van der Waals surface area contributed by atoms with Crippen LogP contribution in [0.2, 0.25) is 0 Å². The Morgan fingerprint density at radius 1 is 0.500 bits per heavy atom. The molecular formula is C59H111NO10. The second-order valence-corrected chi connectivity index (χ2v) is 20.7. The third kappa shape index (κ3) is 36.3. The van der Waals surface area contributed by atoms with Crippen LogP contribution in [0.5, 0.6) is 0 Å². The van der Waals surface area contributed by atoms with Crippen molar-refractivity contribution < 1.29 is 50.0 Å². The first kappa shape index (κ1) is 66.3. The van der Waals surface area contributed by atoms with E-state index in [9.17, 15) is 40.5 Å². The molecule has 1 fully saturated rings. The molecule has 11 heteroatoms. The van der Waals surface area contributed by atoms with Crippen molar-refractivity contribution in [1.29, 1.82) is 0 Å². The quantitative estimate of drug-likeness (QED) is 0.0215. The highest BCUT2D eigenvalue weighted by molar-refractivity contribution is 5.80. The Morgan fingerprint density at radius 2 is 0.886 bits per heavy atom. The van der Waals surface area contributed by atoms with E-state index < -0.39 is 74.2 Å². The van der Waals surface area contributed by atoms with Crippen molar-refractivity contribution >= 4 is 5.91 Å². The summed E-state index contributed by atoms with van der Waals surface area (Å²) in [6.45, 7) is 3.43. The van der Waals surface area contributed by atoms with Crippen LogP contribution >= 0.6 is 0 Å². The van der Waals surface area contributed by atoms with Crippen LogP contribution in [0.15, 0.2) is 36.5 Å². The number of unbranched alkanes of at least 4 members (excludes halogenated alkanes) is 32. The van der Waals surface area contributed by atoms with Gasteiger partial charge in [0, 0.05) is 0 Å². The second-order valence-electron chi connectivity index (χ2n) is 20.7. The fraction of sp³-hybridized carbons (Fsp3) is 0.881. The number of allylic oxidation sites excluding steroid dienone is 6. The normalized spacial score (nSPS) is 20.5. The summed E-state index contributed by atoms with van der Waals surface area (Å²) >= 11 is 0. The third-order valence-corrected chi connectivity index (χ3v) is 14.2. The molecule has 70 heavy (non-hydrogen) atoms. The zero-order valence-corrected chi connectivity index (χ0v) is 45.0. The van der Waals surface area contributed by atoms with Gasteiger partial charge < -0.3 is 50.5 Å². The molecule has 1 aliphatic rings. The van der Waals surface area contributed by atoms with Crippen molar-refractivity contribution in [3.05, 3.63) is 36.5 Å². The van der Waals surface area contributed by atoms with Crippen molar-refractivity contribution in [2.45, 2.75) is 319 Å². The molecule has 8 N–H and O–H groups in total. The second kappa shape index (κ2) is 48.3. The summed E-state index contributed by atoms with van der Waals surface area (Å²) in [6, 6.07) is -1.19. The summed E-state index contributed by atoms with van der Waals surface area (Å²) in [4.78, 5) is 13.2. The van der Waals surface area contributed by atoms with Crippen LogP contribution < -0.4 is 5.32 Å². The van der Waals surface area contributed by atoms with Gasteiger partial charge in [0.05, 0.1) is 25.4 Å². The van der Waals surface area contributed by atoms with Crippen LogP contribution in [0, 0.1) is 0 Å². The molecule has 1 saturated heterocycles. The van der Waals surface area contributed by atoms with E-state index in [4.69, 9.17) is 9.47 Å². The molecule has 11 nitrogen and oxygen atoms in total. The molecule has 1 rings (SSSR count). The molecule has 0 aromatic carbocycles. The predicted octanol–water partition coefficient (Wildman–Crippen LogP) is 12.3. The fourth-order valence-electron chi connectivity index (χ4n) is 9.36. The van der Waals surface area contributed by atoms with Crippen molar-refractivity contribution in [2.24, 2.45) is 0 Å². The van der Waals surface area contributed by atoms with Crippen molar-refractivity contribution in [2.75, 3.05) is 13.2 Å². The monoisotopic (exact) mass is 994 g/mol. The number of hydrogen-bond donors (Lipinski definition) is 8. The lowest BCUT2D eigenvalue weighted by Gasteiger charge is -2.40.